The van der Waals surface area contributed by atoms with E-state index in [9.17, 15) is 14.0 Å². The van der Waals surface area contributed by atoms with Crippen LogP contribution in [0.3, 0.4) is 0 Å². The summed E-state index contributed by atoms with van der Waals surface area (Å²) in [6, 6.07) is 9.38. The standard InChI is InChI=1S/C19H20FN3O2/c20-17-4-2-15(3-5-17)14-18(24)22-10-1-11-23(13-12-22)19(25)16-6-8-21-9-7-16/h2-9H,1,10-14H2. The van der Waals surface area contributed by atoms with Crippen LogP contribution < -0.4 is 0 Å². The van der Waals surface area contributed by atoms with Crippen molar-refractivity contribution in [1.82, 2.24) is 14.8 Å². The maximum Gasteiger partial charge on any atom is 0.254 e. The van der Waals surface area contributed by atoms with E-state index >= 15 is 0 Å². The summed E-state index contributed by atoms with van der Waals surface area (Å²) in [6.45, 7) is 2.27. The molecule has 5 nitrogen and oxygen atoms in total. The SMILES string of the molecule is O=C(Cc1ccc(F)cc1)N1CCCN(C(=O)c2ccncc2)CC1. The monoisotopic (exact) mass is 341 g/mol. The molecule has 2 heterocycles. The fraction of sp³-hybridized carbons (Fsp3) is 0.316. The molecule has 1 saturated heterocycles. The largest absolute Gasteiger partial charge is 0.341 e. The fourth-order valence-electron chi connectivity index (χ4n) is 2.94. The van der Waals surface area contributed by atoms with E-state index in [-0.39, 0.29) is 24.1 Å². The number of hydrogen-bond acceptors (Lipinski definition) is 3. The lowest BCUT2D eigenvalue weighted by Crippen LogP contribution is -2.38. The predicted octanol–water partition coefficient (Wildman–Crippen LogP) is 2.14. The van der Waals surface area contributed by atoms with Crippen LogP contribution in [0.25, 0.3) is 0 Å². The normalized spacial score (nSPS) is 14.9. The van der Waals surface area contributed by atoms with E-state index in [0.717, 1.165) is 12.0 Å². The zero-order valence-electron chi connectivity index (χ0n) is 13.9. The fourth-order valence-corrected chi connectivity index (χ4v) is 2.94. The Balaban J connectivity index is 1.58. The van der Waals surface area contributed by atoms with Crippen LogP contribution in [0.4, 0.5) is 4.39 Å². The van der Waals surface area contributed by atoms with Crippen molar-refractivity contribution in [3.63, 3.8) is 0 Å². The molecule has 0 spiro atoms. The molecule has 1 fully saturated rings. The molecule has 0 atom stereocenters. The topological polar surface area (TPSA) is 53.5 Å². The van der Waals surface area contributed by atoms with E-state index in [1.165, 1.54) is 12.1 Å². The second-order valence-corrected chi connectivity index (χ2v) is 6.07. The third-order valence-corrected chi connectivity index (χ3v) is 4.33. The summed E-state index contributed by atoms with van der Waals surface area (Å²) in [6.07, 6.45) is 4.19. The lowest BCUT2D eigenvalue weighted by Gasteiger charge is -2.22. The third-order valence-electron chi connectivity index (χ3n) is 4.33. The highest BCUT2D eigenvalue weighted by Gasteiger charge is 2.22. The highest BCUT2D eigenvalue weighted by atomic mass is 19.1. The molecule has 25 heavy (non-hydrogen) atoms. The summed E-state index contributed by atoms with van der Waals surface area (Å²) >= 11 is 0. The van der Waals surface area contributed by atoms with Crippen molar-refractivity contribution in [1.29, 1.82) is 0 Å². The summed E-state index contributed by atoms with van der Waals surface area (Å²) in [5, 5.41) is 0. The molecule has 130 valence electrons. The molecule has 6 heteroatoms. The third kappa shape index (κ3) is 4.41. The molecule has 0 N–H and O–H groups in total. The molecule has 2 aromatic rings. The summed E-state index contributed by atoms with van der Waals surface area (Å²) in [5.74, 6) is -0.337. The van der Waals surface area contributed by atoms with E-state index in [1.807, 2.05) is 0 Å². The van der Waals surface area contributed by atoms with Gasteiger partial charge in [0.2, 0.25) is 5.91 Å². The molecule has 0 aliphatic carbocycles. The summed E-state index contributed by atoms with van der Waals surface area (Å²) in [5.41, 5.74) is 1.40. The maximum atomic E-state index is 13.0. The Kier molecular flexibility index (Phi) is 5.38. The zero-order chi connectivity index (χ0) is 17.6. The molecule has 3 rings (SSSR count). The number of rotatable bonds is 3. The predicted molar refractivity (Wildman–Crippen MR) is 91.4 cm³/mol. The molecule has 0 bridgehead atoms. The number of carbonyl (C=O) groups is 2. The van der Waals surface area contributed by atoms with Crippen LogP contribution >= 0.6 is 0 Å². The maximum absolute atomic E-state index is 13.0. The van der Waals surface area contributed by atoms with E-state index in [2.05, 4.69) is 4.98 Å². The van der Waals surface area contributed by atoms with E-state index in [4.69, 9.17) is 0 Å². The molecule has 2 amide bonds. The Labute approximate surface area is 146 Å². The summed E-state index contributed by atoms with van der Waals surface area (Å²) in [7, 11) is 0. The second-order valence-electron chi connectivity index (χ2n) is 6.07. The quantitative estimate of drug-likeness (QED) is 0.859. The molecule has 0 saturated carbocycles. The molecule has 1 aliphatic heterocycles. The molecule has 1 aliphatic rings. The summed E-state index contributed by atoms with van der Waals surface area (Å²) in [4.78, 5) is 32.5. The number of pyridine rings is 1. The van der Waals surface area contributed by atoms with Gasteiger partial charge in [0.15, 0.2) is 0 Å². The van der Waals surface area contributed by atoms with Crippen molar-refractivity contribution >= 4 is 11.8 Å². The minimum absolute atomic E-state index is 0.00446. The van der Waals surface area contributed by atoms with E-state index in [1.54, 1.807) is 46.5 Å². The number of hydrogen-bond donors (Lipinski definition) is 0. The number of carbonyl (C=O) groups excluding carboxylic acids is 2. The van der Waals surface area contributed by atoms with Crippen LogP contribution in [-0.4, -0.2) is 52.8 Å². The number of amides is 2. The van der Waals surface area contributed by atoms with Crippen LogP contribution in [0.1, 0.15) is 22.3 Å². The highest BCUT2D eigenvalue weighted by molar-refractivity contribution is 5.94. The highest BCUT2D eigenvalue weighted by Crippen LogP contribution is 2.11. The van der Waals surface area contributed by atoms with Crippen LogP contribution in [0.2, 0.25) is 0 Å². The Morgan fingerprint density at radius 3 is 2.28 bits per heavy atom. The Morgan fingerprint density at radius 1 is 0.920 bits per heavy atom. The van der Waals surface area contributed by atoms with Gasteiger partial charge in [0.05, 0.1) is 6.42 Å². The molecule has 1 aromatic carbocycles. The van der Waals surface area contributed by atoms with Crippen molar-refractivity contribution in [3.8, 4) is 0 Å². The minimum atomic E-state index is -0.309. The number of nitrogens with zero attached hydrogens (tertiary/aromatic N) is 3. The molecular weight excluding hydrogens is 321 g/mol. The first-order valence-electron chi connectivity index (χ1n) is 8.35. The second kappa shape index (κ2) is 7.88. The lowest BCUT2D eigenvalue weighted by molar-refractivity contribution is -0.130. The van der Waals surface area contributed by atoms with E-state index in [0.29, 0.717) is 31.7 Å². The van der Waals surface area contributed by atoms with Gasteiger partial charge in [0, 0.05) is 44.1 Å². The first-order valence-corrected chi connectivity index (χ1v) is 8.35. The van der Waals surface area contributed by atoms with Gasteiger partial charge in [-0.05, 0) is 36.2 Å². The number of halogens is 1. The average Bonchev–Trinajstić information content (AvgIpc) is 2.90. The van der Waals surface area contributed by atoms with Crippen molar-refractivity contribution in [2.24, 2.45) is 0 Å². The molecular formula is C19H20FN3O2. The van der Waals surface area contributed by atoms with Gasteiger partial charge >= 0.3 is 0 Å². The first-order chi connectivity index (χ1) is 12.1. The van der Waals surface area contributed by atoms with Gasteiger partial charge in [-0.1, -0.05) is 12.1 Å². The van der Waals surface area contributed by atoms with Crippen LogP contribution in [0, 0.1) is 5.82 Å². The minimum Gasteiger partial charge on any atom is -0.341 e. The smallest absolute Gasteiger partial charge is 0.254 e. The number of aromatic nitrogens is 1. The van der Waals surface area contributed by atoms with Gasteiger partial charge < -0.3 is 9.80 Å². The van der Waals surface area contributed by atoms with Crippen LogP contribution in [0.15, 0.2) is 48.8 Å². The van der Waals surface area contributed by atoms with Gasteiger partial charge in [-0.25, -0.2) is 4.39 Å². The Morgan fingerprint density at radius 2 is 1.56 bits per heavy atom. The Bertz CT molecular complexity index is 734. The molecule has 0 radical (unpaired) electrons. The van der Waals surface area contributed by atoms with E-state index < -0.39 is 0 Å². The zero-order valence-corrected chi connectivity index (χ0v) is 13.9. The molecule has 1 aromatic heterocycles. The van der Waals surface area contributed by atoms with Gasteiger partial charge in [0.1, 0.15) is 5.82 Å². The van der Waals surface area contributed by atoms with Crippen LogP contribution in [0.5, 0.6) is 0 Å². The van der Waals surface area contributed by atoms with Crippen molar-refractivity contribution < 1.29 is 14.0 Å². The molecule has 0 unspecified atom stereocenters. The lowest BCUT2D eigenvalue weighted by atomic mass is 10.1. The summed E-state index contributed by atoms with van der Waals surface area (Å²) < 4.78 is 13.0. The van der Waals surface area contributed by atoms with Crippen LogP contribution in [-0.2, 0) is 11.2 Å². The first kappa shape index (κ1) is 17.1. The number of benzene rings is 1. The average molecular weight is 341 g/mol. The van der Waals surface area contributed by atoms with Crippen molar-refractivity contribution in [3.05, 3.63) is 65.7 Å². The van der Waals surface area contributed by atoms with Gasteiger partial charge in [0.25, 0.3) is 5.91 Å². The van der Waals surface area contributed by atoms with Gasteiger partial charge in [-0.3, -0.25) is 14.6 Å². The van der Waals surface area contributed by atoms with Crippen molar-refractivity contribution in [2.75, 3.05) is 26.2 Å². The van der Waals surface area contributed by atoms with Gasteiger partial charge in [-0.2, -0.15) is 0 Å². The Hall–Kier alpha value is -2.76. The van der Waals surface area contributed by atoms with Gasteiger partial charge in [-0.15, -0.1) is 0 Å². The van der Waals surface area contributed by atoms with Crippen molar-refractivity contribution in [2.45, 2.75) is 12.8 Å².